The van der Waals surface area contributed by atoms with E-state index in [1.807, 2.05) is 26.0 Å². The fraction of sp³-hybridized carbons (Fsp3) is 0.565. The van der Waals surface area contributed by atoms with Crippen LogP contribution in [0.3, 0.4) is 0 Å². The fourth-order valence-electron chi connectivity index (χ4n) is 4.70. The highest BCUT2D eigenvalue weighted by molar-refractivity contribution is 6.24. The van der Waals surface area contributed by atoms with E-state index >= 15 is 0 Å². The van der Waals surface area contributed by atoms with Gasteiger partial charge in [-0.15, -0.1) is 0 Å². The van der Waals surface area contributed by atoms with Crippen LogP contribution >= 0.6 is 0 Å². The van der Waals surface area contributed by atoms with Crippen LogP contribution in [-0.2, 0) is 9.59 Å². The number of rotatable bonds is 7. The molecule has 1 aromatic rings. The average Bonchev–Trinajstić information content (AvgIpc) is 2.93. The second-order valence-corrected chi connectivity index (χ2v) is 8.17. The molecule has 3 rings (SSSR count). The molecule has 0 bridgehead atoms. The van der Waals surface area contributed by atoms with Gasteiger partial charge in [-0.2, -0.15) is 0 Å². The monoisotopic (exact) mass is 384 g/mol. The molecule has 1 heterocycles. The summed E-state index contributed by atoms with van der Waals surface area (Å²) in [5.74, 6) is -0.544. The second kappa shape index (κ2) is 8.80. The Morgan fingerprint density at radius 1 is 1.11 bits per heavy atom. The number of anilines is 1. The molecule has 2 aliphatic rings. The number of carbonyl (C=O) groups excluding carboxylic acids is 2. The van der Waals surface area contributed by atoms with Gasteiger partial charge in [0.15, 0.2) is 0 Å². The normalized spacial score (nSPS) is 19.6. The van der Waals surface area contributed by atoms with Crippen LogP contribution in [-0.4, -0.2) is 22.5 Å². The smallest absolute Gasteiger partial charge is 0.264 e. The van der Waals surface area contributed by atoms with Gasteiger partial charge in [0, 0.05) is 5.69 Å². The second-order valence-electron chi connectivity index (χ2n) is 8.17. The predicted molar refractivity (Wildman–Crippen MR) is 111 cm³/mol. The minimum absolute atomic E-state index is 0.113. The summed E-state index contributed by atoms with van der Waals surface area (Å²) in [6.07, 6.45) is 9.18. The third-order valence-electron chi connectivity index (χ3n) is 6.10. The largest absolute Gasteiger partial charge is 0.509 e. The number of benzene rings is 1. The lowest BCUT2D eigenvalue weighted by atomic mass is 9.84. The van der Waals surface area contributed by atoms with Crippen LogP contribution in [0, 0.1) is 0 Å². The van der Waals surface area contributed by atoms with Crippen LogP contribution in [0.4, 0.5) is 5.69 Å². The summed E-state index contributed by atoms with van der Waals surface area (Å²) >= 11 is 0. The summed E-state index contributed by atoms with van der Waals surface area (Å²) in [5.41, 5.74) is 0.987. The van der Waals surface area contributed by atoms with Gasteiger partial charge in [-0.05, 0) is 49.3 Å². The van der Waals surface area contributed by atoms with Gasteiger partial charge < -0.3 is 15.7 Å². The van der Waals surface area contributed by atoms with Gasteiger partial charge in [0.1, 0.15) is 11.3 Å². The molecule has 0 spiro atoms. The molecule has 1 aliphatic carbocycles. The number of hydrogen-bond acceptors (Lipinski definition) is 3. The maximum atomic E-state index is 12.7. The van der Waals surface area contributed by atoms with Crippen molar-refractivity contribution in [3.63, 3.8) is 0 Å². The van der Waals surface area contributed by atoms with Gasteiger partial charge >= 0.3 is 0 Å². The molecule has 1 aromatic carbocycles. The van der Waals surface area contributed by atoms with Gasteiger partial charge in [-0.25, -0.2) is 0 Å². The molecule has 0 aromatic heterocycles. The highest BCUT2D eigenvalue weighted by atomic mass is 16.3. The van der Waals surface area contributed by atoms with Crippen molar-refractivity contribution in [1.82, 2.24) is 5.32 Å². The van der Waals surface area contributed by atoms with Crippen molar-refractivity contribution in [2.75, 3.05) is 5.32 Å². The molecule has 1 saturated carbocycles. The topological polar surface area (TPSA) is 78.4 Å². The van der Waals surface area contributed by atoms with Crippen molar-refractivity contribution in [1.29, 1.82) is 0 Å². The van der Waals surface area contributed by atoms with E-state index in [0.29, 0.717) is 24.4 Å². The Morgan fingerprint density at radius 3 is 2.29 bits per heavy atom. The fourth-order valence-corrected chi connectivity index (χ4v) is 4.70. The molecule has 28 heavy (non-hydrogen) atoms. The zero-order valence-corrected chi connectivity index (χ0v) is 17.0. The summed E-state index contributed by atoms with van der Waals surface area (Å²) in [6, 6.07) is 7.90. The molecule has 3 N–H and O–H groups in total. The minimum atomic E-state index is -0.807. The Bertz CT molecular complexity index is 740. The van der Waals surface area contributed by atoms with Gasteiger partial charge in [0.05, 0.1) is 5.54 Å². The van der Waals surface area contributed by atoms with Crippen molar-refractivity contribution >= 4 is 17.5 Å². The Labute approximate surface area is 167 Å². The van der Waals surface area contributed by atoms with Crippen molar-refractivity contribution < 1.29 is 14.7 Å². The molecule has 5 heteroatoms. The highest BCUT2D eigenvalue weighted by Crippen LogP contribution is 2.35. The molecule has 0 unspecified atom stereocenters. The van der Waals surface area contributed by atoms with Crippen molar-refractivity contribution in [2.24, 2.45) is 0 Å². The molecule has 0 radical (unpaired) electrons. The Kier molecular flexibility index (Phi) is 6.42. The first-order valence-electron chi connectivity index (χ1n) is 10.7. The number of hydrogen-bond donors (Lipinski definition) is 3. The first-order valence-corrected chi connectivity index (χ1v) is 10.7. The summed E-state index contributed by atoms with van der Waals surface area (Å²) < 4.78 is 0. The van der Waals surface area contributed by atoms with Crippen LogP contribution < -0.4 is 10.6 Å². The SMILES string of the molecule is CCCC1(CCC)NC(=O)C(C(=O)Nc2ccc(C3CCCCC3)cc2)=C1O. The van der Waals surface area contributed by atoms with Crippen LogP contribution in [0.15, 0.2) is 35.6 Å². The van der Waals surface area contributed by atoms with Crippen LogP contribution in [0.1, 0.15) is 83.1 Å². The van der Waals surface area contributed by atoms with E-state index in [-0.39, 0.29) is 11.3 Å². The molecule has 2 amide bonds. The molecule has 1 fully saturated rings. The average molecular weight is 385 g/mol. The van der Waals surface area contributed by atoms with Gasteiger partial charge in [-0.1, -0.05) is 58.1 Å². The van der Waals surface area contributed by atoms with Crippen LogP contribution in [0.2, 0.25) is 0 Å². The van der Waals surface area contributed by atoms with Crippen molar-refractivity contribution in [2.45, 2.75) is 83.1 Å². The Balaban J connectivity index is 1.74. The summed E-state index contributed by atoms with van der Waals surface area (Å²) in [6.45, 7) is 4.01. The van der Waals surface area contributed by atoms with E-state index in [4.69, 9.17) is 0 Å². The zero-order chi connectivity index (χ0) is 20.1. The lowest BCUT2D eigenvalue weighted by molar-refractivity contribution is -0.121. The minimum Gasteiger partial charge on any atom is -0.509 e. The first-order chi connectivity index (χ1) is 13.5. The van der Waals surface area contributed by atoms with E-state index in [1.54, 1.807) is 0 Å². The lowest BCUT2D eigenvalue weighted by Crippen LogP contribution is -2.44. The number of aliphatic hydroxyl groups is 1. The lowest BCUT2D eigenvalue weighted by Gasteiger charge is -2.28. The standard InChI is InChI=1S/C23H32N2O3/c1-3-14-23(15-4-2)20(26)19(22(28)25-23)21(27)24-18-12-10-17(11-13-18)16-8-6-5-7-9-16/h10-13,16,26H,3-9,14-15H2,1-2H3,(H,24,27)(H,25,28). The van der Waals surface area contributed by atoms with E-state index in [9.17, 15) is 14.7 Å². The van der Waals surface area contributed by atoms with Crippen LogP contribution in [0.25, 0.3) is 0 Å². The number of amides is 2. The molecule has 5 nitrogen and oxygen atoms in total. The van der Waals surface area contributed by atoms with Gasteiger partial charge in [-0.3, -0.25) is 9.59 Å². The summed E-state index contributed by atoms with van der Waals surface area (Å²) in [7, 11) is 0. The maximum Gasteiger partial charge on any atom is 0.264 e. The quantitative estimate of drug-likeness (QED) is 0.582. The van der Waals surface area contributed by atoms with Crippen molar-refractivity contribution in [3.05, 3.63) is 41.2 Å². The Hall–Kier alpha value is -2.30. The molecule has 1 aliphatic heterocycles. The van der Waals surface area contributed by atoms with E-state index in [0.717, 1.165) is 12.8 Å². The van der Waals surface area contributed by atoms with E-state index < -0.39 is 17.4 Å². The number of carbonyl (C=O) groups is 2. The highest BCUT2D eigenvalue weighted by Gasteiger charge is 2.46. The zero-order valence-electron chi connectivity index (χ0n) is 17.0. The molecular weight excluding hydrogens is 352 g/mol. The Morgan fingerprint density at radius 2 is 1.71 bits per heavy atom. The molecule has 0 saturated heterocycles. The first kappa shape index (κ1) is 20.4. The summed E-state index contributed by atoms with van der Waals surface area (Å²) in [4.78, 5) is 25.2. The third kappa shape index (κ3) is 4.08. The molecular formula is C23H32N2O3. The van der Waals surface area contributed by atoms with Gasteiger partial charge in [0.2, 0.25) is 0 Å². The number of nitrogens with one attached hydrogen (secondary N) is 2. The summed E-state index contributed by atoms with van der Waals surface area (Å²) in [5, 5.41) is 16.4. The molecule has 0 atom stereocenters. The third-order valence-corrected chi connectivity index (χ3v) is 6.10. The maximum absolute atomic E-state index is 12.7. The van der Waals surface area contributed by atoms with E-state index in [2.05, 4.69) is 22.8 Å². The number of aliphatic hydroxyl groups excluding tert-OH is 1. The van der Waals surface area contributed by atoms with E-state index in [1.165, 1.54) is 37.7 Å². The molecule has 152 valence electrons. The van der Waals surface area contributed by atoms with Gasteiger partial charge in [0.25, 0.3) is 11.8 Å². The van der Waals surface area contributed by atoms with Crippen LogP contribution in [0.5, 0.6) is 0 Å². The predicted octanol–water partition coefficient (Wildman–Crippen LogP) is 4.95. The van der Waals surface area contributed by atoms with Crippen molar-refractivity contribution in [3.8, 4) is 0 Å².